The van der Waals surface area contributed by atoms with E-state index >= 15 is 0 Å². The molecule has 0 aromatic heterocycles. The van der Waals surface area contributed by atoms with Crippen LogP contribution in [0.5, 0.6) is 0 Å². The lowest BCUT2D eigenvalue weighted by Crippen LogP contribution is -2.24. The molecule has 1 heterocycles. The highest BCUT2D eigenvalue weighted by Gasteiger charge is 2.17. The Morgan fingerprint density at radius 3 is 2.88 bits per heavy atom. The van der Waals surface area contributed by atoms with Crippen molar-refractivity contribution in [1.29, 1.82) is 0 Å². The van der Waals surface area contributed by atoms with E-state index in [1.165, 1.54) is 0 Å². The highest BCUT2D eigenvalue weighted by Crippen LogP contribution is 2.12. The van der Waals surface area contributed by atoms with Crippen molar-refractivity contribution in [3.8, 4) is 0 Å². The monoisotopic (exact) mass is 131 g/mol. The summed E-state index contributed by atoms with van der Waals surface area (Å²) in [7, 11) is 0. The van der Waals surface area contributed by atoms with E-state index in [4.69, 9.17) is 0 Å². The molecule has 1 N–H and O–H groups in total. The first-order valence-electron chi connectivity index (χ1n) is 2.68. The fraction of sp³-hybridized carbons (Fsp3) is 0.800. The van der Waals surface area contributed by atoms with Gasteiger partial charge in [0.2, 0.25) is 0 Å². The van der Waals surface area contributed by atoms with Gasteiger partial charge in [-0.15, -0.1) is 0 Å². The molecule has 0 amide bonds. The standard InChI is InChI=1S/C5H9NOS/c1-4(7)5-2-3-8-6-5/h5-6H,2-3H2,1H3. The molecule has 1 atom stereocenters. The maximum atomic E-state index is 10.6. The Morgan fingerprint density at radius 1 is 1.88 bits per heavy atom. The van der Waals surface area contributed by atoms with Crippen molar-refractivity contribution in [3.05, 3.63) is 0 Å². The highest BCUT2D eigenvalue weighted by atomic mass is 32.2. The van der Waals surface area contributed by atoms with Gasteiger partial charge in [-0.25, -0.2) is 0 Å². The predicted octanol–water partition coefficient (Wildman–Crippen LogP) is 0.585. The summed E-state index contributed by atoms with van der Waals surface area (Å²) in [4.78, 5) is 10.6. The molecule has 1 aliphatic heterocycles. The number of Topliss-reactive ketones (excluding diaryl/α,β-unsaturated/α-hetero) is 1. The Balaban J connectivity index is 2.35. The molecule has 46 valence electrons. The maximum absolute atomic E-state index is 10.6. The second-order valence-electron chi connectivity index (χ2n) is 1.92. The zero-order valence-corrected chi connectivity index (χ0v) is 5.62. The Bertz CT molecular complexity index is 98.6. The van der Waals surface area contributed by atoms with Gasteiger partial charge < -0.3 is 0 Å². The van der Waals surface area contributed by atoms with E-state index in [-0.39, 0.29) is 11.8 Å². The van der Waals surface area contributed by atoms with Gasteiger partial charge in [-0.05, 0) is 13.3 Å². The van der Waals surface area contributed by atoms with Crippen LogP contribution in [0.15, 0.2) is 0 Å². The lowest BCUT2D eigenvalue weighted by Gasteiger charge is -2.00. The summed E-state index contributed by atoms with van der Waals surface area (Å²) in [5, 5.41) is 0. The van der Waals surface area contributed by atoms with E-state index in [2.05, 4.69) is 4.72 Å². The second-order valence-corrected chi connectivity index (χ2v) is 2.85. The predicted molar refractivity (Wildman–Crippen MR) is 34.7 cm³/mol. The average molecular weight is 131 g/mol. The largest absolute Gasteiger partial charge is 0.298 e. The van der Waals surface area contributed by atoms with Gasteiger partial charge in [-0.2, -0.15) is 0 Å². The van der Waals surface area contributed by atoms with E-state index in [0.29, 0.717) is 0 Å². The summed E-state index contributed by atoms with van der Waals surface area (Å²) in [5.74, 6) is 1.33. The Labute approximate surface area is 53.2 Å². The fourth-order valence-corrected chi connectivity index (χ4v) is 1.64. The summed E-state index contributed by atoms with van der Waals surface area (Å²) in [6, 6.07) is 0.139. The molecular formula is C5H9NOS. The third kappa shape index (κ3) is 1.23. The lowest BCUT2D eigenvalue weighted by atomic mass is 10.2. The van der Waals surface area contributed by atoms with Crippen LogP contribution in [0.25, 0.3) is 0 Å². The van der Waals surface area contributed by atoms with E-state index in [1.54, 1.807) is 18.9 Å². The molecule has 1 unspecified atom stereocenters. The molecular weight excluding hydrogens is 122 g/mol. The third-order valence-corrected chi connectivity index (χ3v) is 2.12. The molecule has 0 saturated carbocycles. The zero-order chi connectivity index (χ0) is 5.98. The summed E-state index contributed by atoms with van der Waals surface area (Å²) < 4.78 is 3.02. The van der Waals surface area contributed by atoms with Crippen LogP contribution in [0.1, 0.15) is 13.3 Å². The van der Waals surface area contributed by atoms with Gasteiger partial charge in [-0.3, -0.25) is 9.52 Å². The minimum atomic E-state index is 0.139. The van der Waals surface area contributed by atoms with E-state index in [1.807, 2.05) is 0 Å². The summed E-state index contributed by atoms with van der Waals surface area (Å²) in [6.07, 6.45) is 1.00. The van der Waals surface area contributed by atoms with Crippen molar-refractivity contribution in [2.75, 3.05) is 5.75 Å². The van der Waals surface area contributed by atoms with Gasteiger partial charge in [0.25, 0.3) is 0 Å². The molecule has 0 bridgehead atoms. The number of hydrogen-bond acceptors (Lipinski definition) is 3. The molecule has 0 radical (unpaired) electrons. The minimum Gasteiger partial charge on any atom is -0.298 e. The molecule has 2 nitrogen and oxygen atoms in total. The van der Waals surface area contributed by atoms with Crippen molar-refractivity contribution >= 4 is 17.7 Å². The Kier molecular flexibility index (Phi) is 1.91. The molecule has 8 heavy (non-hydrogen) atoms. The molecule has 1 rings (SSSR count). The SMILES string of the molecule is CC(=O)C1CCSN1. The zero-order valence-electron chi connectivity index (χ0n) is 4.81. The maximum Gasteiger partial charge on any atom is 0.147 e. The Morgan fingerprint density at radius 2 is 2.62 bits per heavy atom. The third-order valence-electron chi connectivity index (χ3n) is 1.22. The molecule has 3 heteroatoms. The van der Waals surface area contributed by atoms with Crippen molar-refractivity contribution in [1.82, 2.24) is 4.72 Å². The van der Waals surface area contributed by atoms with Crippen LogP contribution in [0, 0.1) is 0 Å². The van der Waals surface area contributed by atoms with Crippen molar-refractivity contribution in [3.63, 3.8) is 0 Å². The molecule has 1 saturated heterocycles. The van der Waals surface area contributed by atoms with Gasteiger partial charge in [-0.1, -0.05) is 11.9 Å². The van der Waals surface area contributed by atoms with Gasteiger partial charge >= 0.3 is 0 Å². The van der Waals surface area contributed by atoms with Gasteiger partial charge in [0.1, 0.15) is 5.78 Å². The van der Waals surface area contributed by atoms with Crippen LogP contribution in [0.4, 0.5) is 0 Å². The topological polar surface area (TPSA) is 29.1 Å². The molecule has 0 aliphatic carbocycles. The van der Waals surface area contributed by atoms with Crippen LogP contribution in [0.2, 0.25) is 0 Å². The fourth-order valence-electron chi connectivity index (χ4n) is 0.681. The summed E-state index contributed by atoms with van der Waals surface area (Å²) in [5.41, 5.74) is 0. The quantitative estimate of drug-likeness (QED) is 0.528. The first kappa shape index (κ1) is 6.11. The molecule has 1 fully saturated rings. The molecule has 1 aliphatic rings. The van der Waals surface area contributed by atoms with E-state index in [9.17, 15) is 4.79 Å². The van der Waals surface area contributed by atoms with Crippen LogP contribution in [-0.2, 0) is 4.79 Å². The molecule has 0 spiro atoms. The van der Waals surface area contributed by atoms with Crippen molar-refractivity contribution in [2.24, 2.45) is 0 Å². The van der Waals surface area contributed by atoms with E-state index < -0.39 is 0 Å². The number of carbonyl (C=O) groups is 1. The van der Waals surface area contributed by atoms with Gasteiger partial charge in [0.15, 0.2) is 0 Å². The number of rotatable bonds is 1. The average Bonchev–Trinajstić information content (AvgIpc) is 2.12. The lowest BCUT2D eigenvalue weighted by molar-refractivity contribution is -0.118. The Hall–Kier alpha value is -0.0200. The first-order valence-corrected chi connectivity index (χ1v) is 3.67. The minimum absolute atomic E-state index is 0.139. The molecule has 0 aromatic rings. The number of nitrogens with one attached hydrogen (secondary N) is 1. The first-order chi connectivity index (χ1) is 3.80. The van der Waals surface area contributed by atoms with Crippen LogP contribution >= 0.6 is 11.9 Å². The molecule has 0 aromatic carbocycles. The smallest absolute Gasteiger partial charge is 0.147 e. The van der Waals surface area contributed by atoms with Crippen LogP contribution in [-0.4, -0.2) is 17.6 Å². The number of ketones is 1. The highest BCUT2D eigenvalue weighted by molar-refractivity contribution is 7.97. The van der Waals surface area contributed by atoms with Gasteiger partial charge in [0.05, 0.1) is 6.04 Å². The number of carbonyl (C=O) groups excluding carboxylic acids is 1. The van der Waals surface area contributed by atoms with E-state index in [0.717, 1.165) is 12.2 Å². The van der Waals surface area contributed by atoms with Crippen LogP contribution in [0.3, 0.4) is 0 Å². The van der Waals surface area contributed by atoms with Crippen LogP contribution < -0.4 is 4.72 Å². The number of hydrogen-bond donors (Lipinski definition) is 1. The summed E-state index contributed by atoms with van der Waals surface area (Å²) in [6.45, 7) is 1.63. The summed E-state index contributed by atoms with van der Waals surface area (Å²) >= 11 is 1.64. The normalized spacial score (nSPS) is 28.4. The second kappa shape index (κ2) is 2.51. The van der Waals surface area contributed by atoms with Crippen molar-refractivity contribution in [2.45, 2.75) is 19.4 Å². The van der Waals surface area contributed by atoms with Crippen molar-refractivity contribution < 1.29 is 4.79 Å². The van der Waals surface area contributed by atoms with Gasteiger partial charge in [0, 0.05) is 5.75 Å².